The highest BCUT2D eigenvalue weighted by atomic mass is 32.2. The largest absolute Gasteiger partial charge is 0.497 e. The zero-order chi connectivity index (χ0) is 25.3. The highest BCUT2D eigenvalue weighted by Crippen LogP contribution is 2.28. The first-order chi connectivity index (χ1) is 17.3. The standard InChI is InChI=1S/C26H30N6O3S/c1-18-14-22(36(33,34)32-12-10-31(2)11-13-32)5-6-23(18)19-15-24-26(28-17-19)30-25(29-24)7-4-20-16-21(35-3)8-9-27-20/h5-6,8-9,14-17H,4,7,10-13H2,1-3H3,(H,28,29,30). The summed E-state index contributed by atoms with van der Waals surface area (Å²) in [6, 6.07) is 11.1. The van der Waals surface area contributed by atoms with E-state index in [2.05, 4.69) is 24.8 Å². The van der Waals surface area contributed by atoms with E-state index in [0.29, 0.717) is 30.1 Å². The number of hydrogen-bond acceptors (Lipinski definition) is 7. The van der Waals surface area contributed by atoms with E-state index in [-0.39, 0.29) is 0 Å². The molecule has 0 saturated carbocycles. The van der Waals surface area contributed by atoms with Crippen molar-refractivity contribution in [2.75, 3.05) is 40.3 Å². The Morgan fingerprint density at radius 2 is 1.83 bits per heavy atom. The SMILES string of the molecule is COc1ccnc(CCc2nc3ncc(-c4ccc(S(=O)(=O)N5CCN(C)CC5)cc4C)cc3[nH]2)c1. The van der Waals surface area contributed by atoms with Crippen LogP contribution in [-0.2, 0) is 22.9 Å². The van der Waals surface area contributed by atoms with Crippen LogP contribution in [0.15, 0.2) is 53.7 Å². The molecule has 1 N–H and O–H groups in total. The lowest BCUT2D eigenvalue weighted by atomic mass is 10.0. The second-order valence-corrected chi connectivity index (χ2v) is 11.1. The number of hydrogen-bond donors (Lipinski definition) is 1. The van der Waals surface area contributed by atoms with E-state index in [1.807, 2.05) is 38.2 Å². The van der Waals surface area contributed by atoms with Gasteiger partial charge >= 0.3 is 0 Å². The van der Waals surface area contributed by atoms with Crippen molar-refractivity contribution in [1.82, 2.24) is 29.1 Å². The molecule has 36 heavy (non-hydrogen) atoms. The number of likely N-dealkylation sites (N-methyl/N-ethyl adjacent to an activating group) is 1. The maximum Gasteiger partial charge on any atom is 0.243 e. The minimum Gasteiger partial charge on any atom is -0.497 e. The van der Waals surface area contributed by atoms with Crippen LogP contribution in [0.3, 0.4) is 0 Å². The summed E-state index contributed by atoms with van der Waals surface area (Å²) < 4.78 is 33.1. The Kier molecular flexibility index (Phi) is 6.74. The number of H-pyrrole nitrogens is 1. The Labute approximate surface area is 211 Å². The molecule has 4 heterocycles. The average molecular weight is 507 g/mol. The molecule has 1 saturated heterocycles. The number of methoxy groups -OCH3 is 1. The lowest BCUT2D eigenvalue weighted by molar-refractivity contribution is 0.222. The quantitative estimate of drug-likeness (QED) is 0.411. The maximum atomic E-state index is 13.1. The first kappa shape index (κ1) is 24.4. The van der Waals surface area contributed by atoms with Gasteiger partial charge in [0.15, 0.2) is 5.65 Å². The van der Waals surface area contributed by atoms with Crippen molar-refractivity contribution in [2.24, 2.45) is 0 Å². The molecule has 3 aromatic heterocycles. The number of ether oxygens (including phenoxy) is 1. The molecule has 0 spiro atoms. The summed E-state index contributed by atoms with van der Waals surface area (Å²) in [6.45, 7) is 4.43. The summed E-state index contributed by atoms with van der Waals surface area (Å²) in [5, 5.41) is 0. The molecule has 5 rings (SSSR count). The molecule has 4 aromatic rings. The van der Waals surface area contributed by atoms with Crippen molar-refractivity contribution in [2.45, 2.75) is 24.7 Å². The number of nitrogens with one attached hydrogen (secondary N) is 1. The number of benzene rings is 1. The summed E-state index contributed by atoms with van der Waals surface area (Å²) in [6.07, 6.45) is 4.95. The van der Waals surface area contributed by atoms with Crippen LogP contribution in [0.5, 0.6) is 5.75 Å². The van der Waals surface area contributed by atoms with Gasteiger partial charge in [0, 0.05) is 62.3 Å². The zero-order valence-corrected chi connectivity index (χ0v) is 21.5. The fourth-order valence-electron chi connectivity index (χ4n) is 4.48. The molecule has 0 bridgehead atoms. The molecule has 1 aliphatic rings. The predicted octanol–water partition coefficient (Wildman–Crippen LogP) is 3.06. The monoisotopic (exact) mass is 506 g/mol. The number of aromatic nitrogens is 4. The van der Waals surface area contributed by atoms with Crippen LogP contribution in [-0.4, -0.2) is 77.9 Å². The summed E-state index contributed by atoms with van der Waals surface area (Å²) in [5.74, 6) is 1.62. The van der Waals surface area contributed by atoms with Gasteiger partial charge in [-0.25, -0.2) is 18.4 Å². The summed E-state index contributed by atoms with van der Waals surface area (Å²) >= 11 is 0. The topological polar surface area (TPSA) is 104 Å². The molecular formula is C26H30N6O3S. The van der Waals surface area contributed by atoms with Crippen LogP contribution >= 0.6 is 0 Å². The van der Waals surface area contributed by atoms with Gasteiger partial charge in [0.2, 0.25) is 10.0 Å². The van der Waals surface area contributed by atoms with Crippen molar-refractivity contribution >= 4 is 21.2 Å². The third kappa shape index (κ3) is 4.97. The normalized spacial score (nSPS) is 15.4. The summed E-state index contributed by atoms with van der Waals surface area (Å²) in [4.78, 5) is 19.4. The predicted molar refractivity (Wildman–Crippen MR) is 139 cm³/mol. The Balaban J connectivity index is 1.35. The fraction of sp³-hybridized carbons (Fsp3) is 0.346. The van der Waals surface area contributed by atoms with Gasteiger partial charge in [-0.15, -0.1) is 0 Å². The Bertz CT molecular complexity index is 1490. The lowest BCUT2D eigenvalue weighted by Gasteiger charge is -2.31. The van der Waals surface area contributed by atoms with Crippen LogP contribution in [0.25, 0.3) is 22.3 Å². The van der Waals surface area contributed by atoms with Crippen molar-refractivity contribution in [3.8, 4) is 16.9 Å². The zero-order valence-electron chi connectivity index (χ0n) is 20.7. The van der Waals surface area contributed by atoms with Gasteiger partial charge in [0.1, 0.15) is 11.6 Å². The van der Waals surface area contributed by atoms with E-state index in [9.17, 15) is 8.42 Å². The van der Waals surface area contributed by atoms with Crippen molar-refractivity contribution < 1.29 is 13.2 Å². The number of piperazine rings is 1. The Morgan fingerprint density at radius 3 is 2.58 bits per heavy atom. The molecule has 0 radical (unpaired) electrons. The van der Waals surface area contributed by atoms with E-state index in [1.165, 1.54) is 0 Å². The number of aromatic amines is 1. The molecule has 188 valence electrons. The molecule has 0 aliphatic carbocycles. The fourth-order valence-corrected chi connectivity index (χ4v) is 5.99. The van der Waals surface area contributed by atoms with Gasteiger partial charge < -0.3 is 14.6 Å². The number of rotatable bonds is 7. The molecule has 10 heteroatoms. The highest BCUT2D eigenvalue weighted by Gasteiger charge is 2.27. The minimum absolute atomic E-state index is 0.331. The molecule has 1 aromatic carbocycles. The van der Waals surface area contributed by atoms with Gasteiger partial charge in [0.05, 0.1) is 17.5 Å². The van der Waals surface area contributed by atoms with Gasteiger partial charge in [-0.1, -0.05) is 6.07 Å². The third-order valence-electron chi connectivity index (χ3n) is 6.64. The van der Waals surface area contributed by atoms with Crippen molar-refractivity contribution in [3.05, 3.63) is 65.9 Å². The second-order valence-electron chi connectivity index (χ2n) is 9.15. The van der Waals surface area contributed by atoms with Crippen LogP contribution in [0.4, 0.5) is 0 Å². The molecule has 9 nitrogen and oxygen atoms in total. The van der Waals surface area contributed by atoms with E-state index < -0.39 is 10.0 Å². The van der Waals surface area contributed by atoms with Crippen LogP contribution in [0, 0.1) is 6.92 Å². The minimum atomic E-state index is -3.51. The maximum absolute atomic E-state index is 13.1. The van der Waals surface area contributed by atoms with Crippen LogP contribution < -0.4 is 4.74 Å². The highest BCUT2D eigenvalue weighted by molar-refractivity contribution is 7.89. The van der Waals surface area contributed by atoms with E-state index in [1.54, 1.807) is 35.9 Å². The molecule has 1 fully saturated rings. The number of fused-ring (bicyclic) bond motifs is 1. The third-order valence-corrected chi connectivity index (χ3v) is 8.53. The lowest BCUT2D eigenvalue weighted by Crippen LogP contribution is -2.47. The smallest absolute Gasteiger partial charge is 0.243 e. The van der Waals surface area contributed by atoms with Gasteiger partial charge in [-0.05, 0) is 55.8 Å². The number of pyridine rings is 2. The average Bonchev–Trinajstić information content (AvgIpc) is 3.30. The molecule has 0 amide bonds. The number of aryl methyl sites for hydroxylation is 3. The van der Waals surface area contributed by atoms with Crippen LogP contribution in [0.1, 0.15) is 17.1 Å². The number of imidazole rings is 1. The molecule has 0 unspecified atom stereocenters. The Hall–Kier alpha value is -3.34. The van der Waals surface area contributed by atoms with E-state index in [4.69, 9.17) is 4.74 Å². The second kappa shape index (κ2) is 9.96. The van der Waals surface area contributed by atoms with E-state index >= 15 is 0 Å². The number of sulfonamides is 1. The summed E-state index contributed by atoms with van der Waals surface area (Å²) in [5.41, 5.74) is 5.17. The van der Waals surface area contributed by atoms with Crippen molar-refractivity contribution in [1.29, 1.82) is 0 Å². The molecule has 1 aliphatic heterocycles. The summed E-state index contributed by atoms with van der Waals surface area (Å²) in [7, 11) is 0.140. The van der Waals surface area contributed by atoms with Crippen molar-refractivity contribution in [3.63, 3.8) is 0 Å². The van der Waals surface area contributed by atoms with E-state index in [0.717, 1.165) is 59.0 Å². The first-order valence-electron chi connectivity index (χ1n) is 12.0. The van der Waals surface area contributed by atoms with Gasteiger partial charge in [-0.2, -0.15) is 4.31 Å². The molecule has 0 atom stereocenters. The van der Waals surface area contributed by atoms with Crippen LogP contribution in [0.2, 0.25) is 0 Å². The first-order valence-corrected chi connectivity index (χ1v) is 13.4. The molecular weight excluding hydrogens is 476 g/mol. The Morgan fingerprint density at radius 1 is 1.03 bits per heavy atom. The number of nitrogens with zero attached hydrogens (tertiary/aromatic N) is 5. The van der Waals surface area contributed by atoms with Gasteiger partial charge in [-0.3, -0.25) is 4.98 Å². The van der Waals surface area contributed by atoms with Gasteiger partial charge in [0.25, 0.3) is 0 Å².